The van der Waals surface area contributed by atoms with Crippen molar-refractivity contribution in [1.29, 1.82) is 0 Å². The Balaban J connectivity index is 2.15. The number of nitrogens with zero attached hydrogens (tertiary/aromatic N) is 1. The van der Waals surface area contributed by atoms with Crippen LogP contribution in [0.2, 0.25) is 0 Å². The quantitative estimate of drug-likeness (QED) is 0.127. The van der Waals surface area contributed by atoms with Gasteiger partial charge in [0.2, 0.25) is 5.91 Å². The summed E-state index contributed by atoms with van der Waals surface area (Å²) in [5.41, 5.74) is 0.679. The standard InChI is InChI=1S/C30H53N3O4/c1-4-5-6-7-8-9-10-11-12-13-14-15-16-17-18-19-28(35)33-29(24(2)3)27(34)21-25(30(36)37)20-26-22-31-23-32-26/h22-25,29H,4-21H2,1-3H3,(H,31,32)(H,33,35)(H,36,37). The summed E-state index contributed by atoms with van der Waals surface area (Å²) in [4.78, 5) is 43.8. The minimum Gasteiger partial charge on any atom is -0.481 e. The van der Waals surface area contributed by atoms with Crippen molar-refractivity contribution in [3.05, 3.63) is 18.2 Å². The number of hydrogen-bond acceptors (Lipinski definition) is 4. The molecular formula is C30H53N3O4. The molecule has 1 rings (SSSR count). The number of ketones is 1. The van der Waals surface area contributed by atoms with Gasteiger partial charge in [-0.15, -0.1) is 0 Å². The first-order valence-electron chi connectivity index (χ1n) is 14.9. The van der Waals surface area contributed by atoms with Crippen LogP contribution < -0.4 is 5.32 Å². The molecule has 2 unspecified atom stereocenters. The van der Waals surface area contributed by atoms with E-state index in [2.05, 4.69) is 22.2 Å². The molecule has 0 aliphatic carbocycles. The maximum Gasteiger partial charge on any atom is 0.307 e. The third kappa shape index (κ3) is 16.3. The SMILES string of the molecule is CCCCCCCCCCCCCCCCCC(=O)NC(C(=O)CC(Cc1cnc[nH]1)C(=O)O)C(C)C. The van der Waals surface area contributed by atoms with E-state index in [0.717, 1.165) is 19.3 Å². The Morgan fingerprint density at radius 1 is 0.865 bits per heavy atom. The molecule has 0 saturated heterocycles. The lowest BCUT2D eigenvalue weighted by Gasteiger charge is -2.23. The highest BCUT2D eigenvalue weighted by atomic mass is 16.4. The molecule has 0 aromatic carbocycles. The van der Waals surface area contributed by atoms with Gasteiger partial charge in [-0.25, -0.2) is 4.98 Å². The van der Waals surface area contributed by atoms with E-state index < -0.39 is 17.9 Å². The van der Waals surface area contributed by atoms with Gasteiger partial charge in [0.15, 0.2) is 5.78 Å². The summed E-state index contributed by atoms with van der Waals surface area (Å²) in [5, 5.41) is 12.4. The molecule has 0 aliphatic heterocycles. The number of carboxylic acids is 1. The van der Waals surface area contributed by atoms with Crippen LogP contribution in [-0.2, 0) is 20.8 Å². The summed E-state index contributed by atoms with van der Waals surface area (Å²) >= 11 is 0. The van der Waals surface area contributed by atoms with Crippen molar-refractivity contribution < 1.29 is 19.5 Å². The summed E-state index contributed by atoms with van der Waals surface area (Å²) in [6.07, 6.45) is 22.7. The number of aliphatic carboxylic acids is 1. The Labute approximate surface area is 225 Å². The maximum absolute atomic E-state index is 12.9. The van der Waals surface area contributed by atoms with Crippen molar-refractivity contribution in [2.24, 2.45) is 11.8 Å². The molecule has 0 saturated carbocycles. The molecular weight excluding hydrogens is 466 g/mol. The molecule has 1 aromatic heterocycles. The Kier molecular flexibility index (Phi) is 18.5. The van der Waals surface area contributed by atoms with E-state index in [0.29, 0.717) is 12.1 Å². The first-order chi connectivity index (χ1) is 17.8. The molecule has 0 radical (unpaired) electrons. The Morgan fingerprint density at radius 3 is 1.81 bits per heavy atom. The van der Waals surface area contributed by atoms with Gasteiger partial charge in [0.1, 0.15) is 0 Å². The number of carbonyl (C=O) groups excluding carboxylic acids is 2. The van der Waals surface area contributed by atoms with Crippen molar-refractivity contribution in [3.8, 4) is 0 Å². The number of nitrogens with one attached hydrogen (secondary N) is 2. The third-order valence-corrected chi connectivity index (χ3v) is 7.16. The third-order valence-electron chi connectivity index (χ3n) is 7.16. The van der Waals surface area contributed by atoms with Gasteiger partial charge in [-0.05, 0) is 12.3 Å². The van der Waals surface area contributed by atoms with Crippen LogP contribution in [0.3, 0.4) is 0 Å². The van der Waals surface area contributed by atoms with Gasteiger partial charge >= 0.3 is 5.97 Å². The molecule has 7 nitrogen and oxygen atoms in total. The van der Waals surface area contributed by atoms with Crippen molar-refractivity contribution >= 4 is 17.7 Å². The predicted octanol–water partition coefficient (Wildman–Crippen LogP) is 7.01. The zero-order valence-corrected chi connectivity index (χ0v) is 23.7. The topological polar surface area (TPSA) is 112 Å². The molecule has 1 aromatic rings. The summed E-state index contributed by atoms with van der Waals surface area (Å²) in [6.45, 7) is 6.01. The number of carbonyl (C=O) groups is 3. The van der Waals surface area contributed by atoms with Crippen LogP contribution in [0, 0.1) is 11.8 Å². The van der Waals surface area contributed by atoms with Crippen LogP contribution in [0.1, 0.15) is 136 Å². The van der Waals surface area contributed by atoms with Gasteiger partial charge in [-0.3, -0.25) is 14.4 Å². The van der Waals surface area contributed by atoms with Gasteiger partial charge in [0, 0.05) is 31.2 Å². The summed E-state index contributed by atoms with van der Waals surface area (Å²) < 4.78 is 0. The highest BCUT2D eigenvalue weighted by Crippen LogP contribution is 2.17. The predicted molar refractivity (Wildman–Crippen MR) is 149 cm³/mol. The van der Waals surface area contributed by atoms with Crippen molar-refractivity contribution in [1.82, 2.24) is 15.3 Å². The molecule has 3 N–H and O–H groups in total. The van der Waals surface area contributed by atoms with Crippen molar-refractivity contribution in [2.45, 2.75) is 142 Å². The van der Waals surface area contributed by atoms with E-state index in [4.69, 9.17) is 0 Å². The van der Waals surface area contributed by atoms with Crippen LogP contribution in [0.4, 0.5) is 0 Å². The number of hydrogen-bond donors (Lipinski definition) is 3. The molecule has 212 valence electrons. The number of Topliss-reactive ketones (excluding diaryl/α,β-unsaturated/α-hetero) is 1. The Hall–Kier alpha value is -2.18. The van der Waals surface area contributed by atoms with Gasteiger partial charge in [-0.2, -0.15) is 0 Å². The lowest BCUT2D eigenvalue weighted by Crippen LogP contribution is -2.45. The minimum atomic E-state index is -1.02. The average molecular weight is 520 g/mol. The fraction of sp³-hybridized carbons (Fsp3) is 0.800. The van der Waals surface area contributed by atoms with Crippen LogP contribution in [0.15, 0.2) is 12.5 Å². The van der Waals surface area contributed by atoms with E-state index in [9.17, 15) is 19.5 Å². The molecule has 0 bridgehead atoms. The lowest BCUT2D eigenvalue weighted by molar-refractivity contribution is -0.144. The molecule has 0 fully saturated rings. The molecule has 0 aliphatic rings. The number of rotatable bonds is 24. The number of unbranched alkanes of at least 4 members (excludes halogenated alkanes) is 14. The smallest absolute Gasteiger partial charge is 0.307 e. The van der Waals surface area contributed by atoms with Crippen LogP contribution >= 0.6 is 0 Å². The van der Waals surface area contributed by atoms with Crippen molar-refractivity contribution in [3.63, 3.8) is 0 Å². The number of carboxylic acid groups (broad SMARTS) is 1. The number of amides is 1. The highest BCUT2D eigenvalue weighted by molar-refractivity contribution is 5.91. The number of H-pyrrole nitrogens is 1. The van der Waals surface area contributed by atoms with E-state index in [1.54, 1.807) is 6.20 Å². The molecule has 2 atom stereocenters. The van der Waals surface area contributed by atoms with E-state index in [-0.39, 0.29) is 30.4 Å². The normalized spacial score (nSPS) is 13.0. The molecule has 1 heterocycles. The fourth-order valence-corrected chi connectivity index (χ4v) is 4.80. The first kappa shape index (κ1) is 32.8. The van der Waals surface area contributed by atoms with Crippen LogP contribution in [-0.4, -0.2) is 38.8 Å². The second kappa shape index (κ2) is 20.8. The molecule has 1 amide bonds. The molecule has 37 heavy (non-hydrogen) atoms. The van der Waals surface area contributed by atoms with Gasteiger partial charge in [0.25, 0.3) is 0 Å². The molecule has 7 heteroatoms. The highest BCUT2D eigenvalue weighted by Gasteiger charge is 2.29. The Bertz CT molecular complexity index is 733. The van der Waals surface area contributed by atoms with Gasteiger partial charge in [0.05, 0.1) is 18.3 Å². The van der Waals surface area contributed by atoms with E-state index >= 15 is 0 Å². The maximum atomic E-state index is 12.9. The minimum absolute atomic E-state index is 0.0980. The summed E-state index contributed by atoms with van der Waals surface area (Å²) in [7, 11) is 0. The fourth-order valence-electron chi connectivity index (χ4n) is 4.80. The van der Waals surface area contributed by atoms with Crippen molar-refractivity contribution in [2.75, 3.05) is 0 Å². The van der Waals surface area contributed by atoms with Crippen LogP contribution in [0.5, 0.6) is 0 Å². The van der Waals surface area contributed by atoms with E-state index in [1.165, 1.54) is 83.4 Å². The summed E-state index contributed by atoms with van der Waals surface area (Å²) in [5.74, 6) is -2.32. The van der Waals surface area contributed by atoms with E-state index in [1.807, 2.05) is 13.8 Å². The first-order valence-corrected chi connectivity index (χ1v) is 14.9. The largest absolute Gasteiger partial charge is 0.481 e. The van der Waals surface area contributed by atoms with Gasteiger partial charge < -0.3 is 15.4 Å². The van der Waals surface area contributed by atoms with Crippen LogP contribution in [0.25, 0.3) is 0 Å². The second-order valence-electron chi connectivity index (χ2n) is 11.0. The zero-order chi connectivity index (χ0) is 27.3. The zero-order valence-electron chi connectivity index (χ0n) is 23.7. The van der Waals surface area contributed by atoms with Gasteiger partial charge in [-0.1, -0.05) is 111 Å². The lowest BCUT2D eigenvalue weighted by atomic mass is 9.90. The number of aromatic amines is 1. The number of imidazole rings is 1. The number of aromatic nitrogens is 2. The second-order valence-corrected chi connectivity index (χ2v) is 11.0. The average Bonchev–Trinajstić information content (AvgIpc) is 3.37. The molecule has 0 spiro atoms. The summed E-state index contributed by atoms with van der Waals surface area (Å²) in [6, 6.07) is -0.660. The Morgan fingerprint density at radius 2 is 1.38 bits per heavy atom. The monoisotopic (exact) mass is 519 g/mol.